The van der Waals surface area contributed by atoms with Crippen LogP contribution in [0.1, 0.15) is 25.1 Å². The first kappa shape index (κ1) is 13.7. The van der Waals surface area contributed by atoms with Gasteiger partial charge in [0.25, 0.3) is 0 Å². The molecule has 1 radical (unpaired) electrons. The predicted octanol–water partition coefficient (Wildman–Crippen LogP) is 5.51. The van der Waals surface area contributed by atoms with Crippen LogP contribution in [0.25, 0.3) is 10.9 Å². The summed E-state index contributed by atoms with van der Waals surface area (Å²) in [6.07, 6.45) is 0. The van der Waals surface area contributed by atoms with Crippen molar-refractivity contribution in [2.45, 2.75) is 20.8 Å². The summed E-state index contributed by atoms with van der Waals surface area (Å²) >= 11 is 12.8. The van der Waals surface area contributed by atoms with Crippen molar-refractivity contribution < 1.29 is 0 Å². The van der Waals surface area contributed by atoms with Crippen LogP contribution in [0.4, 0.5) is 0 Å². The van der Waals surface area contributed by atoms with Crippen LogP contribution in [0.2, 0.25) is 0 Å². The molecule has 0 fully saturated rings. The lowest BCUT2D eigenvalue weighted by molar-refractivity contribution is 1.21. The molecule has 0 atom stereocenters. The van der Waals surface area contributed by atoms with Crippen LogP contribution >= 0.6 is 23.2 Å². The highest BCUT2D eigenvalue weighted by molar-refractivity contribution is 6.39. The molecule has 3 heteroatoms. The van der Waals surface area contributed by atoms with Gasteiger partial charge >= 0.3 is 0 Å². The molecule has 0 spiro atoms. The lowest BCUT2D eigenvalue weighted by Gasteiger charge is -2.15. The smallest absolute Gasteiger partial charge is 0.0750 e. The molecular formula is C17H14Cl2N. The molecule has 0 N–H and O–H groups in total. The first-order valence-corrected chi connectivity index (χ1v) is 7.24. The highest BCUT2D eigenvalue weighted by Gasteiger charge is 2.31. The molecule has 0 saturated carbocycles. The Bertz CT molecular complexity index is 748. The van der Waals surface area contributed by atoms with Gasteiger partial charge in [-0.3, -0.25) is 4.98 Å². The number of pyridine rings is 1. The van der Waals surface area contributed by atoms with Gasteiger partial charge in [0.2, 0.25) is 0 Å². The Hall–Kier alpha value is -1.31. The van der Waals surface area contributed by atoms with Gasteiger partial charge in [0, 0.05) is 21.1 Å². The van der Waals surface area contributed by atoms with Crippen LogP contribution in [0, 0.1) is 12.8 Å². The van der Waals surface area contributed by atoms with Crippen LogP contribution in [0.3, 0.4) is 0 Å². The van der Waals surface area contributed by atoms with Crippen molar-refractivity contribution in [3.63, 3.8) is 0 Å². The Morgan fingerprint density at radius 3 is 2.25 bits per heavy atom. The number of aryl methyl sites for hydroxylation is 1. The van der Waals surface area contributed by atoms with Crippen LogP contribution in [-0.2, 0) is 0 Å². The highest BCUT2D eigenvalue weighted by Crippen LogP contribution is 2.47. The van der Waals surface area contributed by atoms with Gasteiger partial charge in [-0.25, -0.2) is 0 Å². The number of fused-ring (bicyclic) bond motifs is 1. The summed E-state index contributed by atoms with van der Waals surface area (Å²) in [6, 6.07) is 10.2. The van der Waals surface area contributed by atoms with E-state index in [0.29, 0.717) is 0 Å². The van der Waals surface area contributed by atoms with Crippen molar-refractivity contribution in [2.75, 3.05) is 0 Å². The molecule has 3 rings (SSSR count). The number of aromatic nitrogens is 1. The van der Waals surface area contributed by atoms with Crippen molar-refractivity contribution in [3.05, 3.63) is 68.7 Å². The number of rotatable bonds is 1. The van der Waals surface area contributed by atoms with Crippen LogP contribution in [0.15, 0.2) is 51.5 Å². The van der Waals surface area contributed by atoms with Gasteiger partial charge < -0.3 is 0 Å². The molecule has 1 aromatic heterocycles. The lowest BCUT2D eigenvalue weighted by atomic mass is 9.92. The highest BCUT2D eigenvalue weighted by atomic mass is 35.5. The summed E-state index contributed by atoms with van der Waals surface area (Å²) in [5, 5.41) is 2.58. The van der Waals surface area contributed by atoms with Crippen molar-refractivity contribution in [3.8, 4) is 0 Å². The van der Waals surface area contributed by atoms with Gasteiger partial charge in [0.15, 0.2) is 0 Å². The average molecular weight is 303 g/mol. The summed E-state index contributed by atoms with van der Waals surface area (Å²) in [4.78, 5) is 4.67. The SMILES string of the molecule is CC1=C(Cl)C(C)=C(Cl)[C]1c1cccc2ccc(C)nc12. The predicted molar refractivity (Wildman–Crippen MR) is 85.9 cm³/mol. The third-order valence-electron chi connectivity index (χ3n) is 3.71. The Labute approximate surface area is 128 Å². The molecule has 0 aliphatic heterocycles. The molecule has 0 amide bonds. The Kier molecular flexibility index (Phi) is 3.35. The van der Waals surface area contributed by atoms with Crippen LogP contribution in [-0.4, -0.2) is 4.98 Å². The maximum absolute atomic E-state index is 6.48. The Morgan fingerprint density at radius 2 is 1.60 bits per heavy atom. The molecule has 1 aliphatic rings. The number of benzene rings is 1. The lowest BCUT2D eigenvalue weighted by Crippen LogP contribution is -2.01. The fraction of sp³-hybridized carbons (Fsp3) is 0.176. The maximum atomic E-state index is 6.48. The molecule has 0 bridgehead atoms. The molecule has 101 valence electrons. The zero-order chi connectivity index (χ0) is 14.4. The minimum atomic E-state index is 0.725. The fourth-order valence-corrected chi connectivity index (χ4v) is 3.18. The van der Waals surface area contributed by atoms with Crippen molar-refractivity contribution in [1.29, 1.82) is 0 Å². The summed E-state index contributed by atoms with van der Waals surface area (Å²) < 4.78 is 0. The number of hydrogen-bond acceptors (Lipinski definition) is 1. The number of para-hydroxylation sites is 1. The van der Waals surface area contributed by atoms with E-state index in [9.17, 15) is 0 Å². The standard InChI is InChI=1S/C17H14Cl2N/c1-9-7-8-12-5-4-6-13(17(12)20-9)14-10(2)15(18)11(3)16(14)19/h4-8H,1-3H3. The molecule has 20 heavy (non-hydrogen) atoms. The molecule has 2 aromatic rings. The second-order valence-corrected chi connectivity index (χ2v) is 5.84. The molecule has 1 heterocycles. The van der Waals surface area contributed by atoms with Gasteiger partial charge in [-0.1, -0.05) is 47.5 Å². The van der Waals surface area contributed by atoms with Crippen LogP contribution < -0.4 is 0 Å². The molecule has 1 aliphatic carbocycles. The second-order valence-electron chi connectivity index (χ2n) is 5.08. The van der Waals surface area contributed by atoms with Gasteiger partial charge in [0.1, 0.15) is 0 Å². The van der Waals surface area contributed by atoms with Gasteiger partial charge in [-0.2, -0.15) is 0 Å². The van der Waals surface area contributed by atoms with E-state index in [1.165, 1.54) is 0 Å². The third-order valence-corrected chi connectivity index (χ3v) is 4.75. The van der Waals surface area contributed by atoms with Gasteiger partial charge in [-0.15, -0.1) is 0 Å². The van der Waals surface area contributed by atoms with Gasteiger partial charge in [-0.05, 0) is 43.5 Å². The van der Waals surface area contributed by atoms with E-state index >= 15 is 0 Å². The van der Waals surface area contributed by atoms with E-state index in [4.69, 9.17) is 23.2 Å². The normalized spacial score (nSPS) is 16.6. The summed E-state index contributed by atoms with van der Waals surface area (Å²) in [5.74, 6) is 0.998. The number of nitrogens with zero attached hydrogens (tertiary/aromatic N) is 1. The van der Waals surface area contributed by atoms with Crippen LogP contribution in [0.5, 0.6) is 0 Å². The largest absolute Gasteiger partial charge is 0.253 e. The topological polar surface area (TPSA) is 12.9 Å². The number of halogens is 2. The van der Waals surface area contributed by atoms with Gasteiger partial charge in [0.05, 0.1) is 11.4 Å². The third kappa shape index (κ3) is 1.97. The first-order chi connectivity index (χ1) is 9.50. The molecule has 1 nitrogen and oxygen atoms in total. The van der Waals surface area contributed by atoms with Crippen molar-refractivity contribution >= 4 is 34.1 Å². The second kappa shape index (κ2) is 4.91. The molecule has 1 aromatic carbocycles. The van der Waals surface area contributed by atoms with E-state index in [1.54, 1.807) is 0 Å². The van der Waals surface area contributed by atoms with E-state index in [2.05, 4.69) is 23.2 Å². The first-order valence-electron chi connectivity index (χ1n) is 6.48. The number of hydrogen-bond donors (Lipinski definition) is 0. The van der Waals surface area contributed by atoms with Crippen molar-refractivity contribution in [2.24, 2.45) is 0 Å². The maximum Gasteiger partial charge on any atom is 0.0750 e. The zero-order valence-corrected chi connectivity index (χ0v) is 13.1. The van der Waals surface area contributed by atoms with E-state index in [-0.39, 0.29) is 0 Å². The summed E-state index contributed by atoms with van der Waals surface area (Å²) in [6.45, 7) is 5.95. The Morgan fingerprint density at radius 1 is 0.850 bits per heavy atom. The zero-order valence-electron chi connectivity index (χ0n) is 11.6. The molecular weight excluding hydrogens is 289 g/mol. The summed E-state index contributed by atoms with van der Waals surface area (Å²) in [5.41, 5.74) is 4.96. The quantitative estimate of drug-likeness (QED) is 0.677. The van der Waals surface area contributed by atoms with E-state index in [0.717, 1.165) is 49.3 Å². The molecule has 0 unspecified atom stereocenters. The number of allylic oxidation sites excluding steroid dienone is 4. The summed E-state index contributed by atoms with van der Waals surface area (Å²) in [7, 11) is 0. The van der Waals surface area contributed by atoms with Crippen molar-refractivity contribution in [1.82, 2.24) is 4.98 Å². The average Bonchev–Trinajstić information content (AvgIpc) is 2.63. The minimum Gasteiger partial charge on any atom is -0.253 e. The fourth-order valence-electron chi connectivity index (χ4n) is 2.61. The van der Waals surface area contributed by atoms with E-state index < -0.39 is 0 Å². The monoisotopic (exact) mass is 302 g/mol. The Balaban J connectivity index is 2.29. The van der Waals surface area contributed by atoms with E-state index in [1.807, 2.05) is 32.9 Å². The minimum absolute atomic E-state index is 0.725. The molecule has 0 saturated heterocycles.